The fourth-order valence-corrected chi connectivity index (χ4v) is 5.05. The number of rotatable bonds is 4. The standard InChI is InChI=1S/C26H24N4O4/c1-15-12-17(30-24(31)18-4-2-3-5-19(18)25(30)32)9-11-29(15)23-13-16(6-7-22(23)27)21-14-28-10-8-20(21)26(33)34/h2-8,10,13-15,17H,9,11-12,27H2,1H3,(H,33,34)/t15-,17-/m0/s1. The Morgan fingerprint density at radius 2 is 1.76 bits per heavy atom. The van der Waals surface area contributed by atoms with Crippen LogP contribution in [0.4, 0.5) is 11.4 Å². The Bertz CT molecular complexity index is 1290. The lowest BCUT2D eigenvalue weighted by atomic mass is 9.94. The summed E-state index contributed by atoms with van der Waals surface area (Å²) in [5, 5.41) is 9.56. The lowest BCUT2D eigenvalue weighted by molar-refractivity contribution is 0.0549. The molecule has 8 heteroatoms. The van der Waals surface area contributed by atoms with Crippen molar-refractivity contribution in [3.63, 3.8) is 0 Å². The number of piperidine rings is 1. The second-order valence-corrected chi connectivity index (χ2v) is 8.75. The number of nitrogens with two attached hydrogens (primary N) is 1. The van der Waals surface area contributed by atoms with E-state index in [2.05, 4.69) is 9.88 Å². The minimum atomic E-state index is -1.02. The molecule has 1 aromatic heterocycles. The van der Waals surface area contributed by atoms with E-state index in [1.54, 1.807) is 36.4 Å². The third-order valence-electron chi connectivity index (χ3n) is 6.74. The number of carboxylic acids is 1. The van der Waals surface area contributed by atoms with E-state index in [0.717, 1.165) is 5.69 Å². The molecule has 0 aliphatic carbocycles. The highest BCUT2D eigenvalue weighted by atomic mass is 16.4. The quantitative estimate of drug-likeness (QED) is 0.454. The van der Waals surface area contributed by atoms with Gasteiger partial charge in [0.2, 0.25) is 0 Å². The van der Waals surface area contributed by atoms with Crippen LogP contribution in [0.25, 0.3) is 11.1 Å². The van der Waals surface area contributed by atoms with E-state index < -0.39 is 5.97 Å². The van der Waals surface area contributed by atoms with Crippen molar-refractivity contribution in [2.24, 2.45) is 0 Å². The number of imide groups is 1. The maximum Gasteiger partial charge on any atom is 0.336 e. The van der Waals surface area contributed by atoms with E-state index in [9.17, 15) is 19.5 Å². The second-order valence-electron chi connectivity index (χ2n) is 8.75. The summed E-state index contributed by atoms with van der Waals surface area (Å²) in [6.07, 6.45) is 4.23. The Hall–Kier alpha value is -4.20. The van der Waals surface area contributed by atoms with Crippen LogP contribution in [0, 0.1) is 0 Å². The van der Waals surface area contributed by atoms with Gasteiger partial charge in [-0.15, -0.1) is 0 Å². The third-order valence-corrected chi connectivity index (χ3v) is 6.74. The SMILES string of the molecule is C[C@H]1C[C@@H](N2C(=O)c3ccccc3C2=O)CCN1c1cc(-c2cnccc2C(=O)O)ccc1N. The Morgan fingerprint density at radius 3 is 2.41 bits per heavy atom. The molecule has 3 heterocycles. The van der Waals surface area contributed by atoms with Gasteiger partial charge in [0, 0.05) is 36.6 Å². The van der Waals surface area contributed by atoms with Gasteiger partial charge in [0.05, 0.1) is 28.1 Å². The van der Waals surface area contributed by atoms with E-state index in [1.165, 1.54) is 23.4 Å². The van der Waals surface area contributed by atoms with E-state index in [-0.39, 0.29) is 29.5 Å². The van der Waals surface area contributed by atoms with Crippen molar-refractivity contribution < 1.29 is 19.5 Å². The maximum absolute atomic E-state index is 12.9. The Morgan fingerprint density at radius 1 is 1.06 bits per heavy atom. The fraction of sp³-hybridized carbons (Fsp3) is 0.231. The zero-order valence-corrected chi connectivity index (χ0v) is 18.6. The highest BCUT2D eigenvalue weighted by Crippen LogP contribution is 2.37. The van der Waals surface area contributed by atoms with Crippen LogP contribution in [0.15, 0.2) is 60.9 Å². The smallest absolute Gasteiger partial charge is 0.336 e. The molecule has 2 atom stereocenters. The third kappa shape index (κ3) is 3.48. The van der Waals surface area contributed by atoms with Crippen molar-refractivity contribution in [3.8, 4) is 11.1 Å². The molecule has 0 unspecified atom stereocenters. The fourth-order valence-electron chi connectivity index (χ4n) is 5.05. The van der Waals surface area contributed by atoms with E-state index in [4.69, 9.17) is 5.73 Å². The molecule has 0 spiro atoms. The molecular weight excluding hydrogens is 432 g/mol. The van der Waals surface area contributed by atoms with Crippen LogP contribution < -0.4 is 10.6 Å². The average molecular weight is 457 g/mol. The van der Waals surface area contributed by atoms with E-state index in [1.807, 2.05) is 13.0 Å². The van der Waals surface area contributed by atoms with Crippen LogP contribution in [0.3, 0.4) is 0 Å². The highest BCUT2D eigenvalue weighted by Gasteiger charge is 2.42. The number of fused-ring (bicyclic) bond motifs is 1. The van der Waals surface area contributed by atoms with Gasteiger partial charge in [-0.05, 0) is 55.7 Å². The summed E-state index contributed by atoms with van der Waals surface area (Å²) in [6.45, 7) is 2.65. The summed E-state index contributed by atoms with van der Waals surface area (Å²) in [4.78, 5) is 45.2. The van der Waals surface area contributed by atoms with Gasteiger partial charge < -0.3 is 15.7 Å². The molecule has 2 aliphatic heterocycles. The molecule has 0 saturated carbocycles. The molecule has 2 aliphatic rings. The minimum absolute atomic E-state index is 0.00783. The lowest BCUT2D eigenvalue weighted by Gasteiger charge is -2.42. The molecule has 5 rings (SSSR count). The summed E-state index contributed by atoms with van der Waals surface area (Å²) in [5.74, 6) is -1.48. The number of aromatic carboxylic acids is 1. The Kier molecular flexibility index (Phi) is 5.28. The number of aromatic nitrogens is 1. The molecular formula is C26H24N4O4. The number of benzene rings is 2. The molecule has 8 nitrogen and oxygen atoms in total. The first kappa shape index (κ1) is 21.6. The Balaban J connectivity index is 1.40. The zero-order valence-electron chi connectivity index (χ0n) is 18.6. The lowest BCUT2D eigenvalue weighted by Crippen LogP contribution is -2.51. The normalized spacial score (nSPS) is 19.9. The molecule has 3 N–H and O–H groups in total. The van der Waals surface area contributed by atoms with Gasteiger partial charge in [-0.25, -0.2) is 4.79 Å². The van der Waals surface area contributed by atoms with Gasteiger partial charge >= 0.3 is 5.97 Å². The van der Waals surface area contributed by atoms with Crippen LogP contribution in [-0.2, 0) is 0 Å². The first-order valence-corrected chi connectivity index (χ1v) is 11.2. The van der Waals surface area contributed by atoms with Crippen molar-refractivity contribution >= 4 is 29.2 Å². The number of carbonyl (C=O) groups is 3. The zero-order chi connectivity index (χ0) is 24.0. The van der Waals surface area contributed by atoms with Crippen LogP contribution in [0.5, 0.6) is 0 Å². The molecule has 0 radical (unpaired) electrons. The number of pyridine rings is 1. The van der Waals surface area contributed by atoms with Crippen LogP contribution >= 0.6 is 0 Å². The molecule has 172 valence electrons. The number of anilines is 2. The van der Waals surface area contributed by atoms with Crippen LogP contribution in [-0.4, -0.2) is 51.4 Å². The summed E-state index contributed by atoms with van der Waals surface area (Å²) in [6, 6.07) is 13.7. The van der Waals surface area contributed by atoms with Crippen LogP contribution in [0.1, 0.15) is 50.8 Å². The summed E-state index contributed by atoms with van der Waals surface area (Å²) in [7, 11) is 0. The summed E-state index contributed by atoms with van der Waals surface area (Å²) >= 11 is 0. The predicted octanol–water partition coefficient (Wildman–Crippen LogP) is 3.68. The van der Waals surface area contributed by atoms with Gasteiger partial charge in [-0.2, -0.15) is 0 Å². The number of nitrogens with zero attached hydrogens (tertiary/aromatic N) is 3. The van der Waals surface area contributed by atoms with Gasteiger partial charge in [0.1, 0.15) is 0 Å². The van der Waals surface area contributed by atoms with Gasteiger partial charge in [0.15, 0.2) is 0 Å². The Labute approximate surface area is 196 Å². The van der Waals surface area contributed by atoms with Gasteiger partial charge in [-0.1, -0.05) is 18.2 Å². The second kappa shape index (κ2) is 8.30. The summed E-state index contributed by atoms with van der Waals surface area (Å²) < 4.78 is 0. The van der Waals surface area contributed by atoms with E-state index >= 15 is 0 Å². The van der Waals surface area contributed by atoms with Gasteiger partial charge in [0.25, 0.3) is 11.8 Å². The van der Waals surface area contributed by atoms with Crippen molar-refractivity contribution in [1.29, 1.82) is 0 Å². The molecule has 34 heavy (non-hydrogen) atoms. The predicted molar refractivity (Wildman–Crippen MR) is 128 cm³/mol. The summed E-state index contributed by atoms with van der Waals surface area (Å²) in [5.41, 5.74) is 10.0. The number of hydrogen-bond donors (Lipinski definition) is 2. The highest BCUT2D eigenvalue weighted by molar-refractivity contribution is 6.21. The number of nitrogen functional groups attached to an aromatic ring is 1. The van der Waals surface area contributed by atoms with Crippen molar-refractivity contribution in [2.45, 2.75) is 31.8 Å². The van der Waals surface area contributed by atoms with Crippen molar-refractivity contribution in [1.82, 2.24) is 9.88 Å². The molecule has 2 aromatic carbocycles. The monoisotopic (exact) mass is 456 g/mol. The number of carboxylic acid groups (broad SMARTS) is 1. The molecule has 0 bridgehead atoms. The number of carbonyl (C=O) groups excluding carboxylic acids is 2. The first-order valence-electron chi connectivity index (χ1n) is 11.2. The van der Waals surface area contributed by atoms with Crippen molar-refractivity contribution in [2.75, 3.05) is 17.2 Å². The van der Waals surface area contributed by atoms with Gasteiger partial charge in [-0.3, -0.25) is 19.5 Å². The number of hydrogen-bond acceptors (Lipinski definition) is 6. The molecule has 3 aromatic rings. The maximum atomic E-state index is 12.9. The average Bonchev–Trinajstić information content (AvgIpc) is 3.09. The van der Waals surface area contributed by atoms with Crippen LogP contribution in [0.2, 0.25) is 0 Å². The molecule has 1 saturated heterocycles. The topological polar surface area (TPSA) is 117 Å². The first-order chi connectivity index (χ1) is 16.4. The minimum Gasteiger partial charge on any atom is -0.478 e. The van der Waals surface area contributed by atoms with Crippen molar-refractivity contribution in [3.05, 3.63) is 77.6 Å². The molecule has 2 amide bonds. The molecule has 1 fully saturated rings. The largest absolute Gasteiger partial charge is 0.478 e. The van der Waals surface area contributed by atoms with E-state index in [0.29, 0.717) is 47.3 Å². The number of amides is 2.